The van der Waals surface area contributed by atoms with Gasteiger partial charge in [0.05, 0.1) is 6.61 Å². The van der Waals surface area contributed by atoms with Gasteiger partial charge < -0.3 is 9.47 Å². The molecule has 0 radical (unpaired) electrons. The number of epoxide rings is 1. The fourth-order valence-electron chi connectivity index (χ4n) is 2.12. The largest absolute Gasteiger partial charge is 0.488 e. The number of ether oxygens (including phenoxy) is 2. The molecule has 0 aromatic heterocycles. The summed E-state index contributed by atoms with van der Waals surface area (Å²) < 4.78 is 11.2. The maximum Gasteiger partial charge on any atom is 0.123 e. The SMILES string of the molecule is CC1(C)CCc2cc(C3CO3)ccc2O1. The molecule has 2 heterocycles. The molecule has 0 saturated carbocycles. The quantitative estimate of drug-likeness (QED) is 0.656. The van der Waals surface area contributed by atoms with Crippen molar-refractivity contribution in [2.45, 2.75) is 38.4 Å². The molecule has 1 aromatic carbocycles. The number of fused-ring (bicyclic) bond motifs is 1. The minimum Gasteiger partial charge on any atom is -0.488 e. The summed E-state index contributed by atoms with van der Waals surface area (Å²) in [5.74, 6) is 1.05. The second kappa shape index (κ2) is 2.99. The van der Waals surface area contributed by atoms with Gasteiger partial charge in [-0.15, -0.1) is 0 Å². The van der Waals surface area contributed by atoms with E-state index in [1.807, 2.05) is 0 Å². The van der Waals surface area contributed by atoms with Crippen molar-refractivity contribution < 1.29 is 9.47 Å². The van der Waals surface area contributed by atoms with Gasteiger partial charge in [0.25, 0.3) is 0 Å². The Hall–Kier alpha value is -1.02. The third kappa shape index (κ3) is 1.74. The molecule has 1 fully saturated rings. The maximum atomic E-state index is 5.93. The lowest BCUT2D eigenvalue weighted by Crippen LogP contribution is -2.32. The van der Waals surface area contributed by atoms with Gasteiger partial charge in [0.2, 0.25) is 0 Å². The summed E-state index contributed by atoms with van der Waals surface area (Å²) in [5, 5.41) is 0. The Morgan fingerprint density at radius 3 is 2.87 bits per heavy atom. The zero-order valence-corrected chi connectivity index (χ0v) is 9.25. The van der Waals surface area contributed by atoms with Gasteiger partial charge in [-0.2, -0.15) is 0 Å². The molecule has 80 valence electrons. The fraction of sp³-hybridized carbons (Fsp3) is 0.538. The van der Waals surface area contributed by atoms with E-state index in [0.717, 1.165) is 25.2 Å². The van der Waals surface area contributed by atoms with Crippen LogP contribution in [0.1, 0.15) is 37.5 Å². The van der Waals surface area contributed by atoms with Gasteiger partial charge in [0, 0.05) is 0 Å². The number of aryl methyl sites for hydroxylation is 1. The molecule has 3 rings (SSSR count). The Kier molecular flexibility index (Phi) is 1.84. The minimum atomic E-state index is -0.00933. The molecule has 15 heavy (non-hydrogen) atoms. The molecule has 0 bridgehead atoms. The van der Waals surface area contributed by atoms with Gasteiger partial charge in [-0.25, -0.2) is 0 Å². The van der Waals surface area contributed by atoms with Gasteiger partial charge in [-0.05, 0) is 49.9 Å². The zero-order valence-electron chi connectivity index (χ0n) is 9.25. The molecule has 2 aliphatic heterocycles. The van der Waals surface area contributed by atoms with E-state index in [4.69, 9.17) is 9.47 Å². The third-order valence-corrected chi connectivity index (χ3v) is 3.17. The number of benzene rings is 1. The topological polar surface area (TPSA) is 21.8 Å². The Morgan fingerprint density at radius 2 is 2.13 bits per heavy atom. The Balaban J connectivity index is 1.93. The van der Waals surface area contributed by atoms with Crippen molar-refractivity contribution in [2.75, 3.05) is 6.61 Å². The van der Waals surface area contributed by atoms with Gasteiger partial charge in [-0.1, -0.05) is 6.07 Å². The van der Waals surface area contributed by atoms with E-state index in [-0.39, 0.29) is 5.60 Å². The maximum absolute atomic E-state index is 5.93. The highest BCUT2D eigenvalue weighted by molar-refractivity contribution is 5.40. The minimum absolute atomic E-state index is 0.00933. The first-order valence-electron chi connectivity index (χ1n) is 5.57. The van der Waals surface area contributed by atoms with Crippen LogP contribution >= 0.6 is 0 Å². The van der Waals surface area contributed by atoms with Gasteiger partial charge >= 0.3 is 0 Å². The van der Waals surface area contributed by atoms with E-state index >= 15 is 0 Å². The lowest BCUT2D eigenvalue weighted by Gasteiger charge is -2.32. The Morgan fingerprint density at radius 1 is 1.33 bits per heavy atom. The Bertz CT molecular complexity index is 392. The van der Waals surface area contributed by atoms with Crippen LogP contribution in [0.4, 0.5) is 0 Å². The van der Waals surface area contributed by atoms with Crippen molar-refractivity contribution in [1.29, 1.82) is 0 Å². The Labute approximate surface area is 90.2 Å². The molecule has 2 heteroatoms. The van der Waals surface area contributed by atoms with Crippen LogP contribution in [-0.2, 0) is 11.2 Å². The molecule has 2 nitrogen and oxygen atoms in total. The first kappa shape index (κ1) is 9.22. The molecule has 0 N–H and O–H groups in total. The van der Waals surface area contributed by atoms with Gasteiger partial charge in [0.1, 0.15) is 17.5 Å². The van der Waals surface area contributed by atoms with E-state index < -0.39 is 0 Å². The van der Waals surface area contributed by atoms with Crippen LogP contribution in [0, 0.1) is 0 Å². The van der Waals surface area contributed by atoms with Crippen LogP contribution in [0.2, 0.25) is 0 Å². The smallest absolute Gasteiger partial charge is 0.123 e. The molecule has 1 atom stereocenters. The van der Waals surface area contributed by atoms with Crippen LogP contribution in [-0.4, -0.2) is 12.2 Å². The van der Waals surface area contributed by atoms with Crippen molar-refractivity contribution in [3.63, 3.8) is 0 Å². The molecule has 1 aromatic rings. The van der Waals surface area contributed by atoms with Crippen LogP contribution in [0.3, 0.4) is 0 Å². The molecular formula is C13H16O2. The van der Waals surface area contributed by atoms with Gasteiger partial charge in [-0.3, -0.25) is 0 Å². The summed E-state index contributed by atoms with van der Waals surface area (Å²) in [6, 6.07) is 6.45. The summed E-state index contributed by atoms with van der Waals surface area (Å²) in [4.78, 5) is 0. The fourth-order valence-corrected chi connectivity index (χ4v) is 2.12. The van der Waals surface area contributed by atoms with Crippen LogP contribution in [0.15, 0.2) is 18.2 Å². The van der Waals surface area contributed by atoms with E-state index in [1.54, 1.807) is 0 Å². The second-order valence-corrected chi connectivity index (χ2v) is 5.05. The summed E-state index contributed by atoms with van der Waals surface area (Å²) in [5.41, 5.74) is 2.63. The lowest BCUT2D eigenvalue weighted by atomic mass is 9.93. The van der Waals surface area contributed by atoms with Gasteiger partial charge in [0.15, 0.2) is 0 Å². The first-order valence-corrected chi connectivity index (χ1v) is 5.57. The van der Waals surface area contributed by atoms with Crippen molar-refractivity contribution >= 4 is 0 Å². The van der Waals surface area contributed by atoms with E-state index in [0.29, 0.717) is 6.10 Å². The molecule has 1 saturated heterocycles. The van der Waals surface area contributed by atoms with E-state index in [2.05, 4.69) is 32.0 Å². The average molecular weight is 204 g/mol. The molecule has 1 unspecified atom stereocenters. The summed E-state index contributed by atoms with van der Waals surface area (Å²) in [7, 11) is 0. The average Bonchev–Trinajstić information content (AvgIpc) is 2.99. The summed E-state index contributed by atoms with van der Waals surface area (Å²) >= 11 is 0. The van der Waals surface area contributed by atoms with E-state index in [9.17, 15) is 0 Å². The summed E-state index contributed by atoms with van der Waals surface area (Å²) in [6.45, 7) is 5.17. The standard InChI is InChI=1S/C13H16O2/c1-13(2)6-5-10-7-9(12-8-14-12)3-4-11(10)15-13/h3-4,7,12H,5-6,8H2,1-2H3. The highest BCUT2D eigenvalue weighted by Gasteiger charge is 2.29. The first-order chi connectivity index (χ1) is 7.14. The zero-order chi connectivity index (χ0) is 10.5. The number of hydrogen-bond donors (Lipinski definition) is 0. The molecular weight excluding hydrogens is 188 g/mol. The van der Waals surface area contributed by atoms with Crippen molar-refractivity contribution in [3.05, 3.63) is 29.3 Å². The molecule has 0 spiro atoms. The molecule has 2 aliphatic rings. The van der Waals surface area contributed by atoms with Crippen LogP contribution in [0.5, 0.6) is 5.75 Å². The highest BCUT2D eigenvalue weighted by atomic mass is 16.6. The normalized spacial score (nSPS) is 26.7. The number of rotatable bonds is 1. The van der Waals surface area contributed by atoms with Crippen LogP contribution in [0.25, 0.3) is 0 Å². The number of hydrogen-bond acceptors (Lipinski definition) is 2. The summed E-state index contributed by atoms with van der Waals surface area (Å²) in [6.07, 6.45) is 2.56. The monoisotopic (exact) mass is 204 g/mol. The second-order valence-electron chi connectivity index (χ2n) is 5.05. The predicted molar refractivity (Wildman–Crippen MR) is 58.2 cm³/mol. The van der Waals surface area contributed by atoms with Crippen LogP contribution < -0.4 is 4.74 Å². The highest BCUT2D eigenvalue weighted by Crippen LogP contribution is 2.37. The van der Waals surface area contributed by atoms with Crippen molar-refractivity contribution in [3.8, 4) is 5.75 Å². The molecule has 0 aliphatic carbocycles. The van der Waals surface area contributed by atoms with Crippen molar-refractivity contribution in [1.82, 2.24) is 0 Å². The third-order valence-electron chi connectivity index (χ3n) is 3.17. The molecule has 0 amide bonds. The van der Waals surface area contributed by atoms with E-state index in [1.165, 1.54) is 11.1 Å². The predicted octanol–water partition coefficient (Wildman–Crippen LogP) is 2.86. The lowest BCUT2D eigenvalue weighted by molar-refractivity contribution is 0.0846. The van der Waals surface area contributed by atoms with Crippen molar-refractivity contribution in [2.24, 2.45) is 0 Å².